The highest BCUT2D eigenvalue weighted by Crippen LogP contribution is 2.49. The molecule has 0 unspecified atom stereocenters. The van der Waals surface area contributed by atoms with Crippen LogP contribution in [0.5, 0.6) is 0 Å². The van der Waals surface area contributed by atoms with E-state index in [0.717, 1.165) is 0 Å². The first-order valence-electron chi connectivity index (χ1n) is 44.1. The minimum atomic E-state index is -1.86. The fourth-order valence-corrected chi connectivity index (χ4v) is 20.2. The molecule has 0 saturated carbocycles. The van der Waals surface area contributed by atoms with Gasteiger partial charge in [0.1, 0.15) is 48.7 Å². The largest absolute Gasteiger partial charge is 0.397 e. The van der Waals surface area contributed by atoms with Crippen LogP contribution >= 0.6 is 69.6 Å². The lowest BCUT2D eigenvalue weighted by atomic mass is 10.0. The van der Waals surface area contributed by atoms with Crippen LogP contribution in [0.3, 0.4) is 0 Å². The van der Waals surface area contributed by atoms with Crippen molar-refractivity contribution < 1.29 is 53.9 Å². The Bertz CT molecular complexity index is 6860. The minimum Gasteiger partial charge on any atom is -0.397 e. The van der Waals surface area contributed by atoms with E-state index in [-0.39, 0.29) is 177 Å². The Morgan fingerprint density at radius 1 is 0.383 bits per heavy atom. The number of nitrogen functional groups attached to an aromatic ring is 3. The lowest BCUT2D eigenvalue weighted by molar-refractivity contribution is -0.131. The van der Waals surface area contributed by atoms with Crippen molar-refractivity contribution in [2.75, 3.05) is 71.2 Å². The topological polar surface area (TPSA) is 292 Å². The molecule has 3 amide bonds. The predicted molar refractivity (Wildman–Crippen MR) is 539 cm³/mol. The second-order valence-corrected chi connectivity index (χ2v) is 37.8. The number of carbonyl (C=O) groups is 3. The Morgan fingerprint density at radius 3 is 0.787 bits per heavy atom. The number of halogens is 15. The average Bonchev–Trinajstić information content (AvgIpc) is 0.726. The van der Waals surface area contributed by atoms with Gasteiger partial charge in [0.2, 0.25) is 17.7 Å². The molecule has 732 valence electrons. The van der Waals surface area contributed by atoms with E-state index in [2.05, 4.69) is 67.4 Å². The smallest absolute Gasteiger partial charge is 0.274 e. The van der Waals surface area contributed by atoms with E-state index in [1.165, 1.54) is 50.1 Å². The summed E-state index contributed by atoms with van der Waals surface area (Å²) in [5.74, 6) is -9.07. The van der Waals surface area contributed by atoms with E-state index in [0.29, 0.717) is 84.1 Å². The van der Waals surface area contributed by atoms with Crippen molar-refractivity contribution in [1.82, 2.24) is 58.3 Å². The normalized spacial score (nSPS) is 16.6. The predicted octanol–water partition coefficient (Wildman–Crippen LogP) is 20.3. The summed E-state index contributed by atoms with van der Waals surface area (Å²) in [5.41, 5.74) is 16.7. The molecule has 3 aliphatic rings. The summed E-state index contributed by atoms with van der Waals surface area (Å²) in [7, 11) is 0. The average molecular weight is 2050 g/mol. The Morgan fingerprint density at radius 2 is 0.596 bits per heavy atom. The number of carbonyl (C=O) groups excluding carboxylic acids is 3. The number of amides is 3. The van der Waals surface area contributed by atoms with Gasteiger partial charge in [0.25, 0.3) is 16.7 Å². The van der Waals surface area contributed by atoms with Crippen LogP contribution in [0, 0.1) is 110 Å². The number of pyridine rings is 9. The van der Waals surface area contributed by atoms with Crippen molar-refractivity contribution in [3.8, 4) is 87.9 Å². The second-order valence-electron chi connectivity index (χ2n) is 35.4. The first-order valence-corrected chi connectivity index (χ1v) is 46.3. The van der Waals surface area contributed by atoms with Crippen molar-refractivity contribution in [3.63, 3.8) is 0 Å². The molecular formula is C102H93Cl6F9N18O6. The zero-order valence-corrected chi connectivity index (χ0v) is 83.3. The Labute approximate surface area is 835 Å². The van der Waals surface area contributed by atoms with E-state index in [4.69, 9.17) is 106 Å². The highest BCUT2D eigenvalue weighted by Gasteiger charge is 2.42. The Balaban J connectivity index is 0.000000178. The molecule has 0 spiro atoms. The van der Waals surface area contributed by atoms with Gasteiger partial charge in [0.05, 0.1) is 117 Å². The van der Waals surface area contributed by atoms with E-state index in [1.54, 1.807) is 72.3 Å². The highest BCUT2D eigenvalue weighted by molar-refractivity contribution is 6.38. The third kappa shape index (κ3) is 18.1. The summed E-state index contributed by atoms with van der Waals surface area (Å²) in [6.45, 7) is 40.4. The quantitative estimate of drug-likeness (QED) is 0.0215. The number of hydrogen-bond acceptors (Lipinski definition) is 18. The molecule has 39 heteroatoms. The number of terminal acetylenes is 3. The van der Waals surface area contributed by atoms with Gasteiger partial charge in [-0.05, 0) is 151 Å². The molecule has 9 aromatic heterocycles. The van der Waals surface area contributed by atoms with Crippen molar-refractivity contribution >= 4 is 155 Å². The maximum Gasteiger partial charge on any atom is 0.274 e. The van der Waals surface area contributed by atoms with Gasteiger partial charge in [-0.1, -0.05) is 149 Å². The number of nitrogens with two attached hydrogens (primary N) is 3. The van der Waals surface area contributed by atoms with Gasteiger partial charge in [0, 0.05) is 110 Å². The number of anilines is 6. The number of nitrogens with zero attached hydrogens (tertiary/aromatic N) is 15. The molecular weight excluding hydrogens is 1960 g/mol. The second kappa shape index (κ2) is 40.9. The molecule has 0 bridgehead atoms. The Hall–Kier alpha value is -13.6. The van der Waals surface area contributed by atoms with Gasteiger partial charge in [-0.25, -0.2) is 54.5 Å². The SMILES string of the molecule is C#Cc1c(N2C[C@@H](C)N(C(=O)C=C)[C@@H](C)C2)c2cc(Cl)c(-c3c(N)c(Cl)c(F)c(F)c3F)nc2n(-c2c(C)ccnc2C(C)C)c1=O.C#Cc1c(N2C[C@@H](C)N(C(=O)C=C)[C@@H](C)C2)c2cc(Cl)c(-c3c(N)c(Cl)c(F)c(F)c3F)nc2n(-c2c(C)ccnc2C(C)C)c1=O.C#Cc1c(N2C[C@@H](C)N(C(=O)C=C)[C@@H](C)C2)c2cc(Cl)c(-c3c(N)c(Cl)c(F)c(F)c3F)nc2n(-c2c(C)ccnc2C(C)C)c1=O. The monoisotopic (exact) mass is 2050 g/mol. The number of aryl methyl sites for hydroxylation is 3. The first-order chi connectivity index (χ1) is 66.5. The number of fused-ring (bicyclic) bond motifs is 3. The van der Waals surface area contributed by atoms with Crippen LogP contribution in [0.25, 0.3) is 83.9 Å². The lowest BCUT2D eigenvalue weighted by Crippen LogP contribution is -2.58. The molecule has 0 radical (unpaired) electrons. The standard InChI is InChI=1S/3C34H31Cl2F3N6O2/c3*1-8-19-32(43-13-17(6)44(18(7)14-43)22(46)9-2)20-12-21(35)30(23-25(37)27(39)26(38)24(36)28(23)40)42-33(20)45(34(19)47)31-16(5)10-11-41-29(31)15(3)4/h3*1,9-12,15,17-18H,2,13-14,40H2,3-7H3/t3*17-,18+. The molecule has 3 saturated heterocycles. The fourth-order valence-electron chi connectivity index (χ4n) is 19.0. The molecule has 0 aliphatic carbocycles. The van der Waals surface area contributed by atoms with Crippen LogP contribution in [0.1, 0.15) is 151 Å². The van der Waals surface area contributed by atoms with Crippen molar-refractivity contribution in [1.29, 1.82) is 0 Å². The van der Waals surface area contributed by atoms with Crippen molar-refractivity contribution in [2.24, 2.45) is 0 Å². The van der Waals surface area contributed by atoms with E-state index >= 15 is 13.2 Å². The van der Waals surface area contributed by atoms with Crippen LogP contribution in [-0.2, 0) is 14.4 Å². The van der Waals surface area contributed by atoms with E-state index < -0.39 is 118 Å². The summed E-state index contributed by atoms with van der Waals surface area (Å²) in [5, 5.41) is -2.23. The molecule has 141 heavy (non-hydrogen) atoms. The van der Waals surface area contributed by atoms with E-state index in [9.17, 15) is 55.1 Å². The molecule has 12 aromatic rings. The molecule has 3 aromatic carbocycles. The first kappa shape index (κ1) is 105. The third-order valence-electron chi connectivity index (χ3n) is 25.1. The summed E-state index contributed by atoms with van der Waals surface area (Å²) >= 11 is 38.1. The fraction of sp³-hybridized carbons (Fsp3) is 0.294. The summed E-state index contributed by atoms with van der Waals surface area (Å²) in [6.07, 6.45) is 26.7. The van der Waals surface area contributed by atoms with Crippen molar-refractivity contribution in [2.45, 2.75) is 158 Å². The zero-order valence-electron chi connectivity index (χ0n) is 78.8. The molecule has 24 nitrogen and oxygen atoms in total. The Kier molecular flexibility index (Phi) is 30.4. The number of piperazine rings is 3. The number of hydrogen-bond donors (Lipinski definition) is 3. The van der Waals surface area contributed by atoms with Crippen LogP contribution in [-0.4, -0.2) is 152 Å². The van der Waals surface area contributed by atoms with Crippen LogP contribution < -0.4 is 48.6 Å². The minimum absolute atomic E-state index is 0.00876. The van der Waals surface area contributed by atoms with Gasteiger partial charge in [-0.15, -0.1) is 19.3 Å². The van der Waals surface area contributed by atoms with Gasteiger partial charge in [0.15, 0.2) is 52.4 Å². The molecule has 6 atom stereocenters. The van der Waals surface area contributed by atoms with E-state index in [1.807, 2.05) is 97.8 Å². The van der Waals surface area contributed by atoms with Crippen LogP contribution in [0.15, 0.2) is 107 Å². The van der Waals surface area contributed by atoms with Gasteiger partial charge >= 0.3 is 0 Å². The van der Waals surface area contributed by atoms with Gasteiger partial charge < -0.3 is 46.6 Å². The van der Waals surface area contributed by atoms with Crippen LogP contribution in [0.2, 0.25) is 30.1 Å². The van der Waals surface area contributed by atoms with Gasteiger partial charge in [-0.2, -0.15) is 0 Å². The summed E-state index contributed by atoms with van der Waals surface area (Å²) < 4.78 is 137. The number of aromatic nitrogens is 9. The van der Waals surface area contributed by atoms with Gasteiger partial charge in [-0.3, -0.25) is 57.4 Å². The maximum absolute atomic E-state index is 15.4. The molecule has 3 aliphatic heterocycles. The molecule has 12 heterocycles. The lowest BCUT2D eigenvalue weighted by Gasteiger charge is -2.45. The molecule has 6 N–H and O–H groups in total. The zero-order chi connectivity index (χ0) is 104. The maximum atomic E-state index is 15.4. The third-order valence-corrected chi connectivity index (χ3v) is 27.0. The van der Waals surface area contributed by atoms with Crippen LogP contribution in [0.4, 0.5) is 73.6 Å². The summed E-state index contributed by atoms with van der Waals surface area (Å²) in [4.78, 5) is 120. The number of rotatable bonds is 15. The molecule has 3 fully saturated rings. The highest BCUT2D eigenvalue weighted by atomic mass is 35.5. The number of benzene rings is 3. The molecule has 15 rings (SSSR count). The summed E-state index contributed by atoms with van der Waals surface area (Å²) in [6, 6.07) is 7.52. The van der Waals surface area contributed by atoms with Crippen molar-refractivity contribution in [3.05, 3.63) is 257 Å².